The molecule has 9 heteroatoms. The normalized spacial score (nSPS) is 15.4. The Bertz CT molecular complexity index is 1010. The third-order valence-corrected chi connectivity index (χ3v) is 5.89. The van der Waals surface area contributed by atoms with Crippen LogP contribution in [-0.2, 0) is 16.0 Å². The minimum atomic E-state index is -0.675. The van der Waals surface area contributed by atoms with Crippen molar-refractivity contribution in [1.82, 2.24) is 10.2 Å². The summed E-state index contributed by atoms with van der Waals surface area (Å²) in [5, 5.41) is 3.56. The van der Waals surface area contributed by atoms with E-state index in [4.69, 9.17) is 26.4 Å². The Labute approximate surface area is 199 Å². The van der Waals surface area contributed by atoms with Crippen molar-refractivity contribution in [2.45, 2.75) is 25.8 Å². The SMILES string of the molecule is CCNC(=S)N(CCc1ccc(OC)c(OC)c1)C1CC(=O)N(c2ccc(OC)cc2)C1=O. The first-order chi connectivity index (χ1) is 15.9. The maximum absolute atomic E-state index is 13.3. The molecule has 0 bridgehead atoms. The molecule has 1 aliphatic heterocycles. The van der Waals surface area contributed by atoms with E-state index in [2.05, 4.69) is 5.32 Å². The fourth-order valence-corrected chi connectivity index (χ4v) is 4.16. The van der Waals surface area contributed by atoms with E-state index in [-0.39, 0.29) is 18.2 Å². The van der Waals surface area contributed by atoms with E-state index in [0.29, 0.717) is 47.6 Å². The minimum Gasteiger partial charge on any atom is -0.497 e. The monoisotopic (exact) mass is 471 g/mol. The summed E-state index contributed by atoms with van der Waals surface area (Å²) in [4.78, 5) is 29.2. The van der Waals surface area contributed by atoms with Crippen molar-refractivity contribution < 1.29 is 23.8 Å². The summed E-state index contributed by atoms with van der Waals surface area (Å²) in [6.45, 7) is 3.01. The molecule has 0 aromatic heterocycles. The standard InChI is InChI=1S/C24H29N3O5S/c1-5-25-24(33)26(13-12-16-6-11-20(31-3)21(14-16)32-4)19-15-22(28)27(23(19)29)17-7-9-18(30-2)10-8-17/h6-11,14,19H,5,12-13,15H2,1-4H3,(H,25,33). The molecule has 2 aromatic carbocycles. The van der Waals surface area contributed by atoms with Gasteiger partial charge < -0.3 is 24.4 Å². The number of imide groups is 1. The summed E-state index contributed by atoms with van der Waals surface area (Å²) in [5.74, 6) is 1.38. The summed E-state index contributed by atoms with van der Waals surface area (Å²) in [6.07, 6.45) is 0.661. The zero-order valence-corrected chi connectivity index (χ0v) is 20.1. The Hall–Kier alpha value is -3.33. The molecular formula is C24H29N3O5S. The lowest BCUT2D eigenvalue weighted by Crippen LogP contribution is -2.50. The smallest absolute Gasteiger partial charge is 0.257 e. The van der Waals surface area contributed by atoms with Crippen LogP contribution in [0.4, 0.5) is 5.69 Å². The van der Waals surface area contributed by atoms with Gasteiger partial charge in [0.25, 0.3) is 5.91 Å². The molecule has 2 amide bonds. The summed E-state index contributed by atoms with van der Waals surface area (Å²) >= 11 is 5.57. The number of nitrogens with zero attached hydrogens (tertiary/aromatic N) is 2. The Kier molecular flexibility index (Phi) is 8.11. The number of carbonyl (C=O) groups is 2. The molecule has 1 aliphatic rings. The molecule has 0 saturated carbocycles. The van der Waals surface area contributed by atoms with E-state index in [1.54, 1.807) is 50.5 Å². The van der Waals surface area contributed by atoms with Gasteiger partial charge >= 0.3 is 0 Å². The molecule has 3 rings (SSSR count). The molecule has 1 heterocycles. The zero-order valence-electron chi connectivity index (χ0n) is 19.3. The molecule has 1 unspecified atom stereocenters. The number of hydrogen-bond donors (Lipinski definition) is 1. The third kappa shape index (κ3) is 5.36. The van der Waals surface area contributed by atoms with Crippen LogP contribution in [0.1, 0.15) is 18.9 Å². The average Bonchev–Trinajstić information content (AvgIpc) is 3.12. The van der Waals surface area contributed by atoms with Gasteiger partial charge in [0.15, 0.2) is 16.6 Å². The van der Waals surface area contributed by atoms with Crippen LogP contribution in [0.2, 0.25) is 0 Å². The largest absolute Gasteiger partial charge is 0.497 e. The highest BCUT2D eigenvalue weighted by Gasteiger charge is 2.43. The quantitative estimate of drug-likeness (QED) is 0.442. The molecule has 1 fully saturated rings. The Morgan fingerprint density at radius 3 is 2.36 bits per heavy atom. The summed E-state index contributed by atoms with van der Waals surface area (Å²) < 4.78 is 15.9. The van der Waals surface area contributed by atoms with Crippen molar-refractivity contribution in [2.75, 3.05) is 39.3 Å². The minimum absolute atomic E-state index is 0.0579. The van der Waals surface area contributed by atoms with Gasteiger partial charge in [-0.3, -0.25) is 9.59 Å². The number of amides is 2. The molecule has 176 valence electrons. The van der Waals surface area contributed by atoms with Crippen LogP contribution in [0, 0.1) is 0 Å². The van der Waals surface area contributed by atoms with Gasteiger partial charge in [0.1, 0.15) is 11.8 Å². The summed E-state index contributed by atoms with van der Waals surface area (Å²) in [5.41, 5.74) is 1.52. The van der Waals surface area contributed by atoms with Crippen LogP contribution in [0.5, 0.6) is 17.2 Å². The van der Waals surface area contributed by atoms with Crippen LogP contribution in [0.3, 0.4) is 0 Å². The summed E-state index contributed by atoms with van der Waals surface area (Å²) in [7, 11) is 4.74. The maximum atomic E-state index is 13.3. The van der Waals surface area contributed by atoms with Crippen molar-refractivity contribution in [3.8, 4) is 17.2 Å². The Balaban J connectivity index is 1.81. The molecule has 8 nitrogen and oxygen atoms in total. The second-order valence-corrected chi connectivity index (χ2v) is 7.84. The number of benzene rings is 2. The number of rotatable bonds is 9. The van der Waals surface area contributed by atoms with E-state index in [1.165, 1.54) is 4.90 Å². The predicted octanol–water partition coefficient (Wildman–Crippen LogP) is 2.78. The highest BCUT2D eigenvalue weighted by atomic mass is 32.1. The van der Waals surface area contributed by atoms with Gasteiger partial charge in [-0.2, -0.15) is 0 Å². The Morgan fingerprint density at radius 2 is 1.76 bits per heavy atom. The third-order valence-electron chi connectivity index (χ3n) is 5.51. The first-order valence-corrected chi connectivity index (χ1v) is 11.1. The second kappa shape index (κ2) is 11.0. The average molecular weight is 472 g/mol. The number of ether oxygens (including phenoxy) is 3. The van der Waals surface area contributed by atoms with E-state index >= 15 is 0 Å². The second-order valence-electron chi connectivity index (χ2n) is 7.45. The van der Waals surface area contributed by atoms with Gasteiger partial charge in [-0.15, -0.1) is 0 Å². The molecular weight excluding hydrogens is 442 g/mol. The van der Waals surface area contributed by atoms with Crippen LogP contribution in [-0.4, -0.2) is 62.3 Å². The zero-order chi connectivity index (χ0) is 24.0. The number of carbonyl (C=O) groups excluding carboxylic acids is 2. The number of anilines is 1. The van der Waals surface area contributed by atoms with Gasteiger partial charge in [-0.25, -0.2) is 4.90 Å². The van der Waals surface area contributed by atoms with E-state index in [9.17, 15) is 9.59 Å². The van der Waals surface area contributed by atoms with E-state index in [0.717, 1.165) is 5.56 Å². The molecule has 2 aromatic rings. The van der Waals surface area contributed by atoms with E-state index in [1.807, 2.05) is 25.1 Å². The van der Waals surface area contributed by atoms with Gasteiger partial charge in [-0.05, 0) is 67.5 Å². The van der Waals surface area contributed by atoms with Crippen LogP contribution >= 0.6 is 12.2 Å². The first kappa shape index (κ1) is 24.3. The summed E-state index contributed by atoms with van der Waals surface area (Å²) in [6, 6.07) is 11.9. The van der Waals surface area contributed by atoms with E-state index < -0.39 is 6.04 Å². The number of hydrogen-bond acceptors (Lipinski definition) is 6. The van der Waals surface area contributed by atoms with Crippen LogP contribution in [0.15, 0.2) is 42.5 Å². The fraction of sp³-hybridized carbons (Fsp3) is 0.375. The number of methoxy groups -OCH3 is 3. The first-order valence-electron chi connectivity index (χ1n) is 10.7. The molecule has 0 spiro atoms. The molecule has 1 atom stereocenters. The molecule has 0 radical (unpaired) electrons. The van der Waals surface area contributed by atoms with Crippen LogP contribution < -0.4 is 24.4 Å². The molecule has 0 aliphatic carbocycles. The van der Waals surface area contributed by atoms with Crippen molar-refractivity contribution in [3.05, 3.63) is 48.0 Å². The van der Waals surface area contributed by atoms with Gasteiger partial charge in [-0.1, -0.05) is 6.07 Å². The van der Waals surface area contributed by atoms with Crippen molar-refractivity contribution >= 4 is 34.8 Å². The van der Waals surface area contributed by atoms with Gasteiger partial charge in [0.05, 0.1) is 33.4 Å². The molecule has 33 heavy (non-hydrogen) atoms. The van der Waals surface area contributed by atoms with Gasteiger partial charge in [0, 0.05) is 13.1 Å². The fourth-order valence-electron chi connectivity index (χ4n) is 3.80. The molecule has 1 saturated heterocycles. The van der Waals surface area contributed by atoms with Crippen LogP contribution in [0.25, 0.3) is 0 Å². The number of thiocarbonyl (C=S) groups is 1. The lowest BCUT2D eigenvalue weighted by molar-refractivity contribution is -0.122. The topological polar surface area (TPSA) is 80.3 Å². The Morgan fingerprint density at radius 1 is 1.06 bits per heavy atom. The highest BCUT2D eigenvalue weighted by molar-refractivity contribution is 7.80. The number of nitrogens with one attached hydrogen (secondary N) is 1. The lowest BCUT2D eigenvalue weighted by atomic mass is 10.1. The lowest BCUT2D eigenvalue weighted by Gasteiger charge is -2.30. The molecule has 1 N–H and O–H groups in total. The highest BCUT2D eigenvalue weighted by Crippen LogP contribution is 2.29. The van der Waals surface area contributed by atoms with Crippen molar-refractivity contribution in [3.63, 3.8) is 0 Å². The maximum Gasteiger partial charge on any atom is 0.257 e. The van der Waals surface area contributed by atoms with Crippen molar-refractivity contribution in [1.29, 1.82) is 0 Å². The van der Waals surface area contributed by atoms with Crippen molar-refractivity contribution in [2.24, 2.45) is 0 Å². The predicted molar refractivity (Wildman–Crippen MR) is 130 cm³/mol. The van der Waals surface area contributed by atoms with Gasteiger partial charge in [0.2, 0.25) is 5.91 Å².